The molecule has 5 heteroatoms. The number of ether oxygens (including phenoxy) is 1. The van der Waals surface area contributed by atoms with Crippen LogP contribution < -0.4 is 10.1 Å². The van der Waals surface area contributed by atoms with Crippen LogP contribution in [0, 0.1) is 5.92 Å². The highest BCUT2D eigenvalue weighted by Crippen LogP contribution is 2.22. The first-order chi connectivity index (χ1) is 13.6. The van der Waals surface area contributed by atoms with Crippen LogP contribution in [-0.2, 0) is 16.0 Å². The van der Waals surface area contributed by atoms with E-state index in [2.05, 4.69) is 29.6 Å². The lowest BCUT2D eigenvalue weighted by molar-refractivity contribution is -0.137. The van der Waals surface area contributed by atoms with Gasteiger partial charge in [0.1, 0.15) is 11.8 Å². The van der Waals surface area contributed by atoms with Crippen molar-refractivity contribution < 1.29 is 14.3 Å². The molecule has 0 aliphatic carbocycles. The van der Waals surface area contributed by atoms with Crippen LogP contribution in [0.2, 0.25) is 0 Å². The molecule has 148 valence electrons. The molecule has 3 rings (SSSR count). The number of hydrogen-bond donors (Lipinski definition) is 1. The van der Waals surface area contributed by atoms with Crippen LogP contribution in [0.25, 0.3) is 0 Å². The lowest BCUT2D eigenvalue weighted by Gasteiger charge is -2.33. The summed E-state index contributed by atoms with van der Waals surface area (Å²) in [4.78, 5) is 26.6. The third kappa shape index (κ3) is 5.84. The van der Waals surface area contributed by atoms with Gasteiger partial charge in [-0.15, -0.1) is 0 Å². The second-order valence-corrected chi connectivity index (χ2v) is 7.35. The molecular weight excluding hydrogens is 352 g/mol. The summed E-state index contributed by atoms with van der Waals surface area (Å²) in [7, 11) is 0. The molecule has 1 aliphatic heterocycles. The van der Waals surface area contributed by atoms with Crippen LogP contribution in [0.5, 0.6) is 5.75 Å². The Morgan fingerprint density at radius 1 is 1.04 bits per heavy atom. The first kappa shape index (κ1) is 19.9. The van der Waals surface area contributed by atoms with Gasteiger partial charge >= 0.3 is 0 Å². The first-order valence-corrected chi connectivity index (χ1v) is 9.92. The average Bonchev–Trinajstić information content (AvgIpc) is 2.74. The minimum atomic E-state index is -0.544. The normalized spacial score (nSPS) is 15.7. The molecule has 1 atom stereocenters. The molecule has 1 aliphatic rings. The predicted molar refractivity (Wildman–Crippen MR) is 109 cm³/mol. The third-order valence-electron chi connectivity index (χ3n) is 5.15. The fourth-order valence-electron chi connectivity index (χ4n) is 3.59. The predicted octanol–water partition coefficient (Wildman–Crippen LogP) is 3.05. The van der Waals surface area contributed by atoms with Crippen molar-refractivity contribution in [1.82, 2.24) is 10.2 Å². The van der Waals surface area contributed by atoms with E-state index in [1.807, 2.05) is 29.2 Å². The molecule has 2 aromatic carbocycles. The molecule has 1 heterocycles. The molecule has 0 aromatic heterocycles. The lowest BCUT2D eigenvalue weighted by atomic mass is 9.90. The summed E-state index contributed by atoms with van der Waals surface area (Å²) < 4.78 is 5.43. The number of hydrogen-bond acceptors (Lipinski definition) is 3. The van der Waals surface area contributed by atoms with Gasteiger partial charge < -0.3 is 15.0 Å². The van der Waals surface area contributed by atoms with Crippen molar-refractivity contribution in [2.75, 3.05) is 19.7 Å². The maximum absolute atomic E-state index is 12.6. The summed E-state index contributed by atoms with van der Waals surface area (Å²) in [5, 5.41) is 2.74. The van der Waals surface area contributed by atoms with Crippen LogP contribution in [0.4, 0.5) is 0 Å². The van der Waals surface area contributed by atoms with Gasteiger partial charge in [-0.3, -0.25) is 9.59 Å². The number of rotatable bonds is 7. The Labute approximate surface area is 166 Å². The summed E-state index contributed by atoms with van der Waals surface area (Å²) in [5.74, 6) is 0.933. The molecule has 28 heavy (non-hydrogen) atoms. The Hall–Kier alpha value is -2.82. The lowest BCUT2D eigenvalue weighted by Crippen LogP contribution is -2.50. The number of piperidine rings is 1. The molecule has 2 aromatic rings. The highest BCUT2D eigenvalue weighted by molar-refractivity contribution is 5.87. The van der Waals surface area contributed by atoms with E-state index in [1.54, 1.807) is 19.1 Å². The maximum atomic E-state index is 12.6. The molecule has 0 saturated carbocycles. The molecule has 1 fully saturated rings. The van der Waals surface area contributed by atoms with Crippen molar-refractivity contribution >= 4 is 11.8 Å². The molecule has 1 N–H and O–H groups in total. The van der Waals surface area contributed by atoms with E-state index in [-0.39, 0.29) is 18.4 Å². The zero-order valence-corrected chi connectivity index (χ0v) is 16.3. The number of para-hydroxylation sites is 1. The van der Waals surface area contributed by atoms with E-state index in [0.717, 1.165) is 32.4 Å². The van der Waals surface area contributed by atoms with Gasteiger partial charge in [-0.1, -0.05) is 48.5 Å². The van der Waals surface area contributed by atoms with Crippen LogP contribution in [0.15, 0.2) is 60.7 Å². The molecule has 0 bridgehead atoms. The van der Waals surface area contributed by atoms with Gasteiger partial charge in [0.05, 0.1) is 0 Å². The Balaban J connectivity index is 1.39. The quantitative estimate of drug-likeness (QED) is 0.803. The number of amides is 2. The Morgan fingerprint density at radius 3 is 2.29 bits per heavy atom. The topological polar surface area (TPSA) is 58.6 Å². The minimum absolute atomic E-state index is 0.0220. The molecule has 0 unspecified atom stereocenters. The van der Waals surface area contributed by atoms with Crippen molar-refractivity contribution in [2.45, 2.75) is 32.2 Å². The van der Waals surface area contributed by atoms with Crippen molar-refractivity contribution in [3.63, 3.8) is 0 Å². The van der Waals surface area contributed by atoms with Crippen LogP contribution in [-0.4, -0.2) is 42.5 Å². The largest absolute Gasteiger partial charge is 0.484 e. The Morgan fingerprint density at radius 2 is 1.64 bits per heavy atom. The molecule has 0 spiro atoms. The Kier molecular flexibility index (Phi) is 7.06. The maximum Gasteiger partial charge on any atom is 0.258 e. The monoisotopic (exact) mass is 380 g/mol. The SMILES string of the molecule is C[C@@H](NC(=O)COc1ccccc1)C(=O)N1CCC(Cc2ccccc2)CC1. The molecular formula is C23H28N2O3. The second-order valence-electron chi connectivity index (χ2n) is 7.35. The highest BCUT2D eigenvalue weighted by Gasteiger charge is 2.26. The van der Waals surface area contributed by atoms with Crippen LogP contribution in [0.3, 0.4) is 0 Å². The van der Waals surface area contributed by atoms with E-state index in [9.17, 15) is 9.59 Å². The van der Waals surface area contributed by atoms with Crippen molar-refractivity contribution in [3.05, 3.63) is 66.2 Å². The molecule has 1 saturated heterocycles. The van der Waals surface area contributed by atoms with E-state index in [1.165, 1.54) is 5.56 Å². The molecule has 0 radical (unpaired) electrons. The number of carbonyl (C=O) groups is 2. The van der Waals surface area contributed by atoms with Crippen LogP contribution in [0.1, 0.15) is 25.3 Å². The standard InChI is InChI=1S/C23H28N2O3/c1-18(24-22(26)17-28-21-10-6-3-7-11-21)23(27)25-14-12-20(13-15-25)16-19-8-4-2-5-9-19/h2-11,18,20H,12-17H2,1H3,(H,24,26)/t18-/m1/s1. The number of likely N-dealkylation sites (tertiary alicyclic amines) is 1. The van der Waals surface area contributed by atoms with E-state index in [0.29, 0.717) is 11.7 Å². The number of nitrogens with one attached hydrogen (secondary N) is 1. The van der Waals surface area contributed by atoms with Gasteiger partial charge in [-0.2, -0.15) is 0 Å². The molecule has 2 amide bonds. The van der Waals surface area contributed by atoms with E-state index in [4.69, 9.17) is 4.74 Å². The van der Waals surface area contributed by atoms with Crippen molar-refractivity contribution in [2.24, 2.45) is 5.92 Å². The summed E-state index contributed by atoms with van der Waals surface area (Å²) in [5.41, 5.74) is 1.35. The molecule has 5 nitrogen and oxygen atoms in total. The van der Waals surface area contributed by atoms with Gasteiger partial charge in [0, 0.05) is 13.1 Å². The third-order valence-corrected chi connectivity index (χ3v) is 5.15. The first-order valence-electron chi connectivity index (χ1n) is 9.92. The number of nitrogens with zero attached hydrogens (tertiary/aromatic N) is 1. The zero-order chi connectivity index (χ0) is 19.8. The summed E-state index contributed by atoms with van der Waals surface area (Å²) in [6, 6.07) is 19.1. The minimum Gasteiger partial charge on any atom is -0.484 e. The number of benzene rings is 2. The van der Waals surface area contributed by atoms with Crippen molar-refractivity contribution in [3.8, 4) is 5.75 Å². The van der Waals surface area contributed by atoms with Gasteiger partial charge in [0.15, 0.2) is 6.61 Å². The van der Waals surface area contributed by atoms with E-state index >= 15 is 0 Å². The fourth-order valence-corrected chi connectivity index (χ4v) is 3.59. The smallest absolute Gasteiger partial charge is 0.258 e. The average molecular weight is 380 g/mol. The van der Waals surface area contributed by atoms with Gasteiger partial charge in [-0.25, -0.2) is 0 Å². The highest BCUT2D eigenvalue weighted by atomic mass is 16.5. The summed E-state index contributed by atoms with van der Waals surface area (Å²) >= 11 is 0. The fraction of sp³-hybridized carbons (Fsp3) is 0.391. The Bertz CT molecular complexity index is 756. The zero-order valence-electron chi connectivity index (χ0n) is 16.3. The number of carbonyl (C=O) groups excluding carboxylic acids is 2. The van der Waals surface area contributed by atoms with Crippen LogP contribution >= 0.6 is 0 Å². The van der Waals surface area contributed by atoms with Crippen molar-refractivity contribution in [1.29, 1.82) is 0 Å². The van der Waals surface area contributed by atoms with Gasteiger partial charge in [0.25, 0.3) is 5.91 Å². The second kappa shape index (κ2) is 9.93. The summed E-state index contributed by atoms with van der Waals surface area (Å²) in [6.45, 7) is 3.13. The summed E-state index contributed by atoms with van der Waals surface area (Å²) in [6.07, 6.45) is 3.06. The van der Waals surface area contributed by atoms with Gasteiger partial charge in [0.2, 0.25) is 5.91 Å². The van der Waals surface area contributed by atoms with E-state index < -0.39 is 6.04 Å². The van der Waals surface area contributed by atoms with Gasteiger partial charge in [-0.05, 0) is 49.8 Å².